The molecule has 0 bridgehead atoms. The Labute approximate surface area is 174 Å². The summed E-state index contributed by atoms with van der Waals surface area (Å²) in [6.45, 7) is 3.45. The Kier molecular flexibility index (Phi) is 6.60. The number of ether oxygens (including phenoxy) is 1. The second kappa shape index (κ2) is 9.52. The van der Waals surface area contributed by atoms with E-state index in [1.165, 1.54) is 13.0 Å². The first-order valence-electron chi connectivity index (χ1n) is 9.45. The van der Waals surface area contributed by atoms with Crippen LogP contribution in [-0.2, 0) is 11.3 Å². The molecular weight excluding hydrogens is 380 g/mol. The number of hydrogen-bond donors (Lipinski definition) is 2. The number of carbonyl (C=O) groups is 3. The Morgan fingerprint density at radius 2 is 1.53 bits per heavy atom. The van der Waals surface area contributed by atoms with Crippen molar-refractivity contribution >= 4 is 23.5 Å². The number of rotatable bonds is 6. The molecule has 2 N–H and O–H groups in total. The van der Waals surface area contributed by atoms with Gasteiger partial charge < -0.3 is 15.4 Å². The Morgan fingerprint density at radius 3 is 2.27 bits per heavy atom. The molecule has 3 rings (SSSR count). The minimum absolute atomic E-state index is 0.216. The topological polar surface area (TPSA) is 84.5 Å². The molecule has 6 nitrogen and oxygen atoms in total. The first-order valence-corrected chi connectivity index (χ1v) is 9.45. The van der Waals surface area contributed by atoms with Crippen molar-refractivity contribution in [3.63, 3.8) is 0 Å². The molecule has 0 aliphatic carbocycles. The fraction of sp³-hybridized carbons (Fsp3) is 0.125. The minimum atomic E-state index is -0.453. The number of amides is 2. The quantitative estimate of drug-likeness (QED) is 0.480. The van der Waals surface area contributed by atoms with Gasteiger partial charge in [-0.1, -0.05) is 42.0 Å². The van der Waals surface area contributed by atoms with E-state index in [0.717, 1.165) is 11.1 Å². The molecule has 0 fully saturated rings. The highest BCUT2D eigenvalue weighted by molar-refractivity contribution is 6.04. The largest absolute Gasteiger partial charge is 0.427 e. The second-order valence-electron chi connectivity index (χ2n) is 6.78. The van der Waals surface area contributed by atoms with Gasteiger partial charge in [-0.25, -0.2) is 0 Å². The SMILES string of the molecule is CC(=O)Oc1cccc(C(=O)NCc2ccccc2NC(=O)c2cccc(C)c2)c1. The lowest BCUT2D eigenvalue weighted by molar-refractivity contribution is -0.131. The van der Waals surface area contributed by atoms with Gasteiger partial charge >= 0.3 is 5.97 Å². The second-order valence-corrected chi connectivity index (χ2v) is 6.78. The van der Waals surface area contributed by atoms with E-state index in [2.05, 4.69) is 10.6 Å². The first-order chi connectivity index (χ1) is 14.4. The molecule has 0 aliphatic rings. The van der Waals surface area contributed by atoms with Crippen LogP contribution in [0.15, 0.2) is 72.8 Å². The molecule has 6 heteroatoms. The average Bonchev–Trinajstić information content (AvgIpc) is 2.72. The predicted molar refractivity (Wildman–Crippen MR) is 114 cm³/mol. The summed E-state index contributed by atoms with van der Waals surface area (Å²) in [5, 5.41) is 5.73. The van der Waals surface area contributed by atoms with Crippen LogP contribution in [0.5, 0.6) is 5.75 Å². The van der Waals surface area contributed by atoms with Crippen LogP contribution in [-0.4, -0.2) is 17.8 Å². The number of esters is 1. The number of benzene rings is 3. The standard InChI is InChI=1S/C24H22N2O4/c1-16-7-5-9-18(13-16)24(29)26-22-12-4-3-8-20(22)15-25-23(28)19-10-6-11-21(14-19)30-17(2)27/h3-14H,15H2,1-2H3,(H,25,28)(H,26,29). The van der Waals surface area contributed by atoms with Gasteiger partial charge in [0.2, 0.25) is 0 Å². The Morgan fingerprint density at radius 1 is 0.833 bits per heavy atom. The Hall–Kier alpha value is -3.93. The highest BCUT2D eigenvalue weighted by atomic mass is 16.5. The number of hydrogen-bond acceptors (Lipinski definition) is 4. The number of carbonyl (C=O) groups excluding carboxylic acids is 3. The van der Waals surface area contributed by atoms with E-state index in [-0.39, 0.29) is 18.4 Å². The summed E-state index contributed by atoms with van der Waals surface area (Å²) in [5.41, 5.74) is 3.33. The van der Waals surface area contributed by atoms with Crippen molar-refractivity contribution in [2.24, 2.45) is 0 Å². The molecule has 0 aromatic heterocycles. The maximum Gasteiger partial charge on any atom is 0.308 e. The van der Waals surface area contributed by atoms with E-state index in [1.54, 1.807) is 30.3 Å². The minimum Gasteiger partial charge on any atom is -0.427 e. The van der Waals surface area contributed by atoms with Crippen molar-refractivity contribution in [2.75, 3.05) is 5.32 Å². The zero-order chi connectivity index (χ0) is 21.5. The third-order valence-corrected chi connectivity index (χ3v) is 4.34. The molecule has 0 atom stereocenters. The summed E-state index contributed by atoms with van der Waals surface area (Å²) < 4.78 is 5.01. The summed E-state index contributed by atoms with van der Waals surface area (Å²) in [7, 11) is 0. The molecule has 3 aromatic carbocycles. The highest BCUT2D eigenvalue weighted by Gasteiger charge is 2.12. The van der Waals surface area contributed by atoms with E-state index in [4.69, 9.17) is 4.74 Å². The van der Waals surface area contributed by atoms with Crippen molar-refractivity contribution in [2.45, 2.75) is 20.4 Å². The zero-order valence-electron chi connectivity index (χ0n) is 16.8. The van der Waals surface area contributed by atoms with Gasteiger partial charge in [0.05, 0.1) is 0 Å². The molecule has 0 spiro atoms. The average molecular weight is 402 g/mol. The van der Waals surface area contributed by atoms with Crippen molar-refractivity contribution in [3.8, 4) is 5.75 Å². The molecule has 30 heavy (non-hydrogen) atoms. The lowest BCUT2D eigenvalue weighted by Crippen LogP contribution is -2.24. The van der Waals surface area contributed by atoms with Gasteiger partial charge in [-0.05, 0) is 48.9 Å². The third kappa shape index (κ3) is 5.54. The van der Waals surface area contributed by atoms with Gasteiger partial charge in [0.15, 0.2) is 0 Å². The molecule has 0 radical (unpaired) electrons. The van der Waals surface area contributed by atoms with Crippen LogP contribution in [0.25, 0.3) is 0 Å². The van der Waals surface area contributed by atoms with Gasteiger partial charge in [-0.3, -0.25) is 14.4 Å². The number of para-hydroxylation sites is 1. The maximum atomic E-state index is 12.6. The van der Waals surface area contributed by atoms with E-state index in [1.807, 2.05) is 43.3 Å². The van der Waals surface area contributed by atoms with Crippen molar-refractivity contribution < 1.29 is 19.1 Å². The van der Waals surface area contributed by atoms with Gasteiger partial charge in [0, 0.05) is 30.3 Å². The van der Waals surface area contributed by atoms with Gasteiger partial charge in [0.25, 0.3) is 11.8 Å². The summed E-state index contributed by atoms with van der Waals surface area (Å²) in [4.78, 5) is 36.2. The lowest BCUT2D eigenvalue weighted by Gasteiger charge is -2.13. The fourth-order valence-corrected chi connectivity index (χ4v) is 2.92. The summed E-state index contributed by atoms with van der Waals surface area (Å²) in [6.07, 6.45) is 0. The van der Waals surface area contributed by atoms with Crippen LogP contribution >= 0.6 is 0 Å². The smallest absolute Gasteiger partial charge is 0.308 e. The lowest BCUT2D eigenvalue weighted by atomic mass is 10.1. The van der Waals surface area contributed by atoms with Crippen molar-refractivity contribution in [3.05, 3.63) is 95.1 Å². The van der Waals surface area contributed by atoms with Crippen LogP contribution in [0.4, 0.5) is 5.69 Å². The van der Waals surface area contributed by atoms with E-state index >= 15 is 0 Å². The monoisotopic (exact) mass is 402 g/mol. The zero-order valence-corrected chi connectivity index (χ0v) is 16.8. The molecule has 3 aromatic rings. The van der Waals surface area contributed by atoms with Crippen molar-refractivity contribution in [1.82, 2.24) is 5.32 Å². The van der Waals surface area contributed by atoms with E-state index in [0.29, 0.717) is 22.6 Å². The van der Waals surface area contributed by atoms with Gasteiger partial charge in [-0.15, -0.1) is 0 Å². The van der Waals surface area contributed by atoms with Gasteiger partial charge in [0.1, 0.15) is 5.75 Å². The molecule has 152 valence electrons. The molecule has 0 aliphatic heterocycles. The summed E-state index contributed by atoms with van der Waals surface area (Å²) in [6, 6.07) is 21.0. The fourth-order valence-electron chi connectivity index (χ4n) is 2.92. The predicted octanol–water partition coefficient (Wildman–Crippen LogP) is 4.10. The van der Waals surface area contributed by atoms with Crippen molar-refractivity contribution in [1.29, 1.82) is 0 Å². The van der Waals surface area contributed by atoms with E-state index < -0.39 is 5.97 Å². The normalized spacial score (nSPS) is 10.2. The van der Waals surface area contributed by atoms with Crippen LogP contribution in [0, 0.1) is 6.92 Å². The number of aryl methyl sites for hydroxylation is 1. The molecule has 0 saturated heterocycles. The number of anilines is 1. The molecular formula is C24H22N2O4. The van der Waals surface area contributed by atoms with Crippen LogP contribution in [0.1, 0.15) is 38.8 Å². The highest BCUT2D eigenvalue weighted by Crippen LogP contribution is 2.18. The van der Waals surface area contributed by atoms with Gasteiger partial charge in [-0.2, -0.15) is 0 Å². The van der Waals surface area contributed by atoms with Crippen LogP contribution < -0.4 is 15.4 Å². The molecule has 2 amide bonds. The van der Waals surface area contributed by atoms with Crippen LogP contribution in [0.2, 0.25) is 0 Å². The van der Waals surface area contributed by atoms with Crippen LogP contribution in [0.3, 0.4) is 0 Å². The maximum absolute atomic E-state index is 12.6. The Balaban J connectivity index is 1.68. The summed E-state index contributed by atoms with van der Waals surface area (Å²) >= 11 is 0. The molecule has 0 saturated carbocycles. The van der Waals surface area contributed by atoms with E-state index in [9.17, 15) is 14.4 Å². The molecule has 0 unspecified atom stereocenters. The summed E-state index contributed by atoms with van der Waals surface area (Å²) in [5.74, 6) is -0.679. The third-order valence-electron chi connectivity index (χ3n) is 4.34. The Bertz CT molecular complexity index is 1090. The molecule has 0 heterocycles. The number of nitrogens with one attached hydrogen (secondary N) is 2. The first kappa shape index (κ1) is 20.8.